The Bertz CT molecular complexity index is 1220. The number of pyridine rings is 2. The SMILES string of the molecule is NC(=O)c1ccnc(NC(=O)C2CC2)c1-c1cnccc1-c1ccc(C(F)(F)F)cc1F. The molecule has 6 nitrogen and oxygen atoms in total. The fraction of sp³-hybridized carbons (Fsp3) is 0.182. The molecule has 0 saturated heterocycles. The molecule has 164 valence electrons. The molecule has 0 spiro atoms. The van der Waals surface area contributed by atoms with Crippen molar-refractivity contribution in [2.45, 2.75) is 19.0 Å². The van der Waals surface area contributed by atoms with E-state index in [2.05, 4.69) is 15.3 Å². The summed E-state index contributed by atoms with van der Waals surface area (Å²) in [7, 11) is 0. The molecule has 1 aromatic carbocycles. The van der Waals surface area contributed by atoms with Gasteiger partial charge in [0, 0.05) is 41.2 Å². The van der Waals surface area contributed by atoms with Crippen LogP contribution >= 0.6 is 0 Å². The molecule has 0 bridgehead atoms. The highest BCUT2D eigenvalue weighted by molar-refractivity contribution is 6.07. The second-order valence-electron chi connectivity index (χ2n) is 7.32. The number of amides is 2. The second kappa shape index (κ2) is 8.03. The van der Waals surface area contributed by atoms with E-state index in [4.69, 9.17) is 5.73 Å². The number of carbonyl (C=O) groups is 2. The molecular weight excluding hydrogens is 428 g/mol. The van der Waals surface area contributed by atoms with Crippen molar-refractivity contribution in [3.8, 4) is 22.3 Å². The van der Waals surface area contributed by atoms with Crippen molar-refractivity contribution in [2.24, 2.45) is 11.7 Å². The van der Waals surface area contributed by atoms with Crippen LogP contribution in [0.5, 0.6) is 0 Å². The van der Waals surface area contributed by atoms with Crippen molar-refractivity contribution in [1.82, 2.24) is 9.97 Å². The van der Waals surface area contributed by atoms with Crippen LogP contribution in [0.2, 0.25) is 0 Å². The molecule has 0 atom stereocenters. The predicted molar refractivity (Wildman–Crippen MR) is 108 cm³/mol. The van der Waals surface area contributed by atoms with Gasteiger partial charge in [0.2, 0.25) is 11.8 Å². The van der Waals surface area contributed by atoms with E-state index >= 15 is 0 Å². The zero-order valence-corrected chi connectivity index (χ0v) is 16.4. The molecule has 2 amide bonds. The summed E-state index contributed by atoms with van der Waals surface area (Å²) in [6.45, 7) is 0. The maximum absolute atomic E-state index is 14.7. The molecule has 32 heavy (non-hydrogen) atoms. The van der Waals surface area contributed by atoms with Gasteiger partial charge in [-0.3, -0.25) is 14.6 Å². The average molecular weight is 444 g/mol. The molecule has 2 aromatic heterocycles. The normalized spacial score (nSPS) is 13.6. The number of nitrogens with two attached hydrogens (primary N) is 1. The highest BCUT2D eigenvalue weighted by Crippen LogP contribution is 2.40. The Morgan fingerprint density at radius 2 is 1.78 bits per heavy atom. The number of rotatable bonds is 5. The van der Waals surface area contributed by atoms with Crippen molar-refractivity contribution in [3.05, 3.63) is 65.9 Å². The summed E-state index contributed by atoms with van der Waals surface area (Å²) in [5.74, 6) is -2.36. The molecule has 1 saturated carbocycles. The minimum Gasteiger partial charge on any atom is -0.366 e. The van der Waals surface area contributed by atoms with Gasteiger partial charge in [0.25, 0.3) is 0 Å². The maximum Gasteiger partial charge on any atom is 0.416 e. The first-order chi connectivity index (χ1) is 15.2. The number of nitrogens with zero attached hydrogens (tertiary/aromatic N) is 2. The van der Waals surface area contributed by atoms with Crippen LogP contribution in [0.1, 0.15) is 28.8 Å². The lowest BCUT2D eigenvalue weighted by Gasteiger charge is -2.17. The van der Waals surface area contributed by atoms with Gasteiger partial charge in [0.15, 0.2) is 0 Å². The van der Waals surface area contributed by atoms with Gasteiger partial charge < -0.3 is 11.1 Å². The van der Waals surface area contributed by atoms with E-state index in [0.29, 0.717) is 6.07 Å². The lowest BCUT2D eigenvalue weighted by Crippen LogP contribution is -2.18. The highest BCUT2D eigenvalue weighted by atomic mass is 19.4. The average Bonchev–Trinajstić information content (AvgIpc) is 3.58. The number of primary amides is 1. The molecule has 10 heteroatoms. The van der Waals surface area contributed by atoms with Crippen LogP contribution in [0.3, 0.4) is 0 Å². The van der Waals surface area contributed by atoms with Crippen LogP contribution in [0.15, 0.2) is 48.9 Å². The smallest absolute Gasteiger partial charge is 0.366 e. The molecule has 3 N–H and O–H groups in total. The molecule has 4 rings (SSSR count). The van der Waals surface area contributed by atoms with E-state index < -0.39 is 23.5 Å². The maximum atomic E-state index is 14.7. The van der Waals surface area contributed by atoms with Crippen LogP contribution in [0.25, 0.3) is 22.3 Å². The largest absolute Gasteiger partial charge is 0.416 e. The van der Waals surface area contributed by atoms with Gasteiger partial charge in [0.05, 0.1) is 11.1 Å². The summed E-state index contributed by atoms with van der Waals surface area (Å²) in [5.41, 5.74) is 4.67. The molecular formula is C22H16F4N4O2. The number of nitrogens with one attached hydrogen (secondary N) is 1. The molecule has 0 radical (unpaired) electrons. The van der Waals surface area contributed by atoms with E-state index in [0.717, 1.165) is 25.0 Å². The van der Waals surface area contributed by atoms with Crippen molar-refractivity contribution in [3.63, 3.8) is 0 Å². The van der Waals surface area contributed by atoms with Crippen LogP contribution in [0.4, 0.5) is 23.4 Å². The van der Waals surface area contributed by atoms with Crippen LogP contribution in [-0.4, -0.2) is 21.8 Å². The van der Waals surface area contributed by atoms with Crippen molar-refractivity contribution >= 4 is 17.6 Å². The summed E-state index contributed by atoms with van der Waals surface area (Å²) in [5, 5.41) is 2.66. The third-order valence-electron chi connectivity index (χ3n) is 5.08. The van der Waals surface area contributed by atoms with Crippen molar-refractivity contribution < 1.29 is 27.2 Å². The Hall–Kier alpha value is -3.82. The number of benzene rings is 1. The number of alkyl halides is 3. The van der Waals surface area contributed by atoms with Gasteiger partial charge in [-0.15, -0.1) is 0 Å². The van der Waals surface area contributed by atoms with Crippen LogP contribution in [0, 0.1) is 11.7 Å². The Balaban J connectivity index is 1.89. The molecule has 1 aliphatic carbocycles. The summed E-state index contributed by atoms with van der Waals surface area (Å²) >= 11 is 0. The Morgan fingerprint density at radius 3 is 2.41 bits per heavy atom. The van der Waals surface area contributed by atoms with E-state index in [1.165, 1.54) is 30.7 Å². The molecule has 2 heterocycles. The standard InChI is InChI=1S/C22H16F4N4O2/c23-17-9-12(22(24,25)26)3-4-14(17)13-5-7-28-10-16(13)18-15(19(27)31)6-8-29-20(18)30-21(32)11-1-2-11/h3-11H,1-2H2,(H2,27,31)(H,29,30,32). The van der Waals surface area contributed by atoms with Crippen molar-refractivity contribution in [2.75, 3.05) is 5.32 Å². The van der Waals surface area contributed by atoms with Crippen LogP contribution in [-0.2, 0) is 11.0 Å². The second-order valence-corrected chi connectivity index (χ2v) is 7.32. The monoisotopic (exact) mass is 444 g/mol. The summed E-state index contributed by atoms with van der Waals surface area (Å²) in [4.78, 5) is 32.6. The number of anilines is 1. The van der Waals surface area contributed by atoms with Crippen LogP contribution < -0.4 is 11.1 Å². The van der Waals surface area contributed by atoms with Gasteiger partial charge in [0.1, 0.15) is 11.6 Å². The molecule has 1 aliphatic rings. The molecule has 1 fully saturated rings. The summed E-state index contributed by atoms with van der Waals surface area (Å²) in [6, 6.07) is 4.89. The number of carbonyl (C=O) groups excluding carboxylic acids is 2. The predicted octanol–water partition coefficient (Wildman–Crippen LogP) is 4.42. The Labute approximate surface area is 179 Å². The third kappa shape index (κ3) is 4.16. The first-order valence-corrected chi connectivity index (χ1v) is 9.58. The molecule has 0 unspecified atom stereocenters. The number of hydrogen-bond acceptors (Lipinski definition) is 4. The minimum atomic E-state index is -4.71. The number of hydrogen-bond donors (Lipinski definition) is 2. The summed E-state index contributed by atoms with van der Waals surface area (Å²) < 4.78 is 53.6. The third-order valence-corrected chi connectivity index (χ3v) is 5.08. The minimum absolute atomic E-state index is 0.00679. The number of halogens is 4. The van der Waals surface area contributed by atoms with Gasteiger partial charge in [-0.1, -0.05) is 6.07 Å². The quantitative estimate of drug-likeness (QED) is 0.570. The molecule has 3 aromatic rings. The first kappa shape index (κ1) is 21.4. The Morgan fingerprint density at radius 1 is 1.03 bits per heavy atom. The fourth-order valence-corrected chi connectivity index (χ4v) is 3.34. The topological polar surface area (TPSA) is 98.0 Å². The Kier molecular flexibility index (Phi) is 5.37. The number of aromatic nitrogens is 2. The zero-order valence-electron chi connectivity index (χ0n) is 16.4. The summed E-state index contributed by atoms with van der Waals surface area (Å²) in [6.07, 6.45) is 0.683. The van der Waals surface area contributed by atoms with Gasteiger partial charge in [-0.2, -0.15) is 13.2 Å². The fourth-order valence-electron chi connectivity index (χ4n) is 3.34. The van der Waals surface area contributed by atoms with Crippen molar-refractivity contribution in [1.29, 1.82) is 0 Å². The lowest BCUT2D eigenvalue weighted by atomic mass is 9.92. The highest BCUT2D eigenvalue weighted by Gasteiger charge is 2.33. The first-order valence-electron chi connectivity index (χ1n) is 9.58. The van der Waals surface area contributed by atoms with Gasteiger partial charge in [-0.25, -0.2) is 9.37 Å². The zero-order chi connectivity index (χ0) is 23.0. The van der Waals surface area contributed by atoms with E-state index in [-0.39, 0.29) is 45.5 Å². The lowest BCUT2D eigenvalue weighted by molar-refractivity contribution is -0.137. The van der Waals surface area contributed by atoms with E-state index in [9.17, 15) is 27.2 Å². The van der Waals surface area contributed by atoms with E-state index in [1.54, 1.807) is 0 Å². The van der Waals surface area contributed by atoms with Gasteiger partial charge in [-0.05, 0) is 42.7 Å². The van der Waals surface area contributed by atoms with E-state index in [1.807, 2.05) is 0 Å². The molecule has 0 aliphatic heterocycles. The van der Waals surface area contributed by atoms with Gasteiger partial charge >= 0.3 is 6.18 Å².